The number of hydrogen-bond donors (Lipinski definition) is 1. The van der Waals surface area contributed by atoms with Crippen LogP contribution in [-0.2, 0) is 4.79 Å². The summed E-state index contributed by atoms with van der Waals surface area (Å²) in [5.74, 6) is -0.258. The topological polar surface area (TPSA) is 102 Å². The number of halogens is 1. The van der Waals surface area contributed by atoms with E-state index in [0.29, 0.717) is 52.9 Å². The molecule has 4 aromatic rings. The number of carboxylic acid groups (broad SMARTS) is 1. The zero-order chi connectivity index (χ0) is 25.9. The number of nitrogens with zero attached hydrogens (tertiary/aromatic N) is 3. The van der Waals surface area contributed by atoms with E-state index in [0.717, 1.165) is 5.56 Å². The van der Waals surface area contributed by atoms with E-state index < -0.39 is 11.9 Å². The number of ether oxygens (including phenoxy) is 2. The van der Waals surface area contributed by atoms with E-state index in [1.165, 1.54) is 4.90 Å². The normalized spacial score (nSPS) is 14.3. The summed E-state index contributed by atoms with van der Waals surface area (Å²) in [5, 5.41) is 17.8. The zero-order valence-electron chi connectivity index (χ0n) is 19.8. The Morgan fingerprint density at radius 3 is 2.57 bits per heavy atom. The van der Waals surface area contributed by atoms with Gasteiger partial charge >= 0.3 is 5.97 Å². The van der Waals surface area contributed by atoms with Crippen molar-refractivity contribution < 1.29 is 24.2 Å². The van der Waals surface area contributed by atoms with Crippen molar-refractivity contribution in [1.82, 2.24) is 10.2 Å². The number of hydrogen-bond acceptors (Lipinski definition) is 6. The maximum atomic E-state index is 13.6. The van der Waals surface area contributed by atoms with Gasteiger partial charge in [0.25, 0.3) is 5.91 Å². The average Bonchev–Trinajstić information content (AvgIpc) is 2.91. The number of rotatable bonds is 6. The molecule has 1 unspecified atom stereocenters. The van der Waals surface area contributed by atoms with Gasteiger partial charge in [0.1, 0.15) is 17.2 Å². The summed E-state index contributed by atoms with van der Waals surface area (Å²) in [6.07, 6.45) is 1.93. The van der Waals surface area contributed by atoms with Gasteiger partial charge in [-0.2, -0.15) is 5.10 Å². The van der Waals surface area contributed by atoms with Crippen molar-refractivity contribution in [2.24, 2.45) is 0 Å². The molecule has 1 atom stereocenters. The number of benzene rings is 3. The Labute approximate surface area is 218 Å². The number of aliphatic carboxylic acids is 1. The second kappa shape index (κ2) is 10.3. The summed E-state index contributed by atoms with van der Waals surface area (Å²) >= 11 is 6.41. The number of aromatic nitrogens is 2. The average molecular weight is 516 g/mol. The molecule has 3 aromatic carbocycles. The van der Waals surface area contributed by atoms with Crippen LogP contribution >= 0.6 is 11.6 Å². The largest absolute Gasteiger partial charge is 0.493 e. The first kappa shape index (κ1) is 24.3. The molecule has 1 aliphatic rings. The van der Waals surface area contributed by atoms with Gasteiger partial charge in [0.15, 0.2) is 5.82 Å². The van der Waals surface area contributed by atoms with Crippen molar-refractivity contribution in [1.29, 1.82) is 0 Å². The maximum absolute atomic E-state index is 13.6. The molecule has 0 spiro atoms. The zero-order valence-corrected chi connectivity index (χ0v) is 20.6. The predicted molar refractivity (Wildman–Crippen MR) is 138 cm³/mol. The van der Waals surface area contributed by atoms with E-state index in [4.69, 9.17) is 21.1 Å². The van der Waals surface area contributed by atoms with Crippen molar-refractivity contribution in [3.05, 3.63) is 101 Å². The molecule has 1 aromatic heterocycles. The van der Waals surface area contributed by atoms with Crippen molar-refractivity contribution in [2.75, 3.05) is 11.5 Å². The van der Waals surface area contributed by atoms with Crippen LogP contribution in [0, 0.1) is 6.92 Å². The molecule has 1 aliphatic heterocycles. The van der Waals surface area contributed by atoms with E-state index in [9.17, 15) is 14.7 Å². The molecule has 37 heavy (non-hydrogen) atoms. The summed E-state index contributed by atoms with van der Waals surface area (Å²) < 4.78 is 11.6. The summed E-state index contributed by atoms with van der Waals surface area (Å²) in [6, 6.07) is 20.8. The molecule has 1 amide bonds. The fourth-order valence-electron chi connectivity index (χ4n) is 4.21. The van der Waals surface area contributed by atoms with Gasteiger partial charge in [-0.3, -0.25) is 14.5 Å². The maximum Gasteiger partial charge on any atom is 0.311 e. The van der Waals surface area contributed by atoms with Gasteiger partial charge in [0.2, 0.25) is 0 Å². The molecular formula is C28H22ClN3O5. The molecule has 0 saturated heterocycles. The number of fused-ring (bicyclic) bond motifs is 1. The van der Waals surface area contributed by atoms with Crippen LogP contribution in [0.4, 0.5) is 11.5 Å². The van der Waals surface area contributed by atoms with Gasteiger partial charge in [0, 0.05) is 23.4 Å². The Morgan fingerprint density at radius 2 is 1.86 bits per heavy atom. The highest BCUT2D eigenvalue weighted by molar-refractivity contribution is 6.32. The third-order valence-electron chi connectivity index (χ3n) is 6.08. The number of carbonyl (C=O) groups is 2. The Morgan fingerprint density at radius 1 is 1.08 bits per heavy atom. The molecule has 2 heterocycles. The molecule has 0 fully saturated rings. The highest BCUT2D eigenvalue weighted by Gasteiger charge is 2.29. The van der Waals surface area contributed by atoms with Gasteiger partial charge in [-0.05, 0) is 67.4 Å². The second-order valence-corrected chi connectivity index (χ2v) is 8.89. The van der Waals surface area contributed by atoms with E-state index in [1.54, 1.807) is 54.7 Å². The quantitative estimate of drug-likeness (QED) is 0.328. The number of para-hydroxylation sites is 1. The molecule has 0 bridgehead atoms. The summed E-state index contributed by atoms with van der Waals surface area (Å²) in [4.78, 5) is 26.7. The highest BCUT2D eigenvalue weighted by Crippen LogP contribution is 2.42. The molecule has 9 heteroatoms. The molecule has 8 nitrogen and oxygen atoms in total. The molecule has 5 rings (SSSR count). The SMILES string of the molecule is Cc1ccccc1N(C(=O)c1ccc(Oc2cc3c(cc2Cl)C(C(=O)O)CCO3)cc1)c1cccnn1. The number of carbonyl (C=O) groups excluding carboxylic acids is 1. The van der Waals surface area contributed by atoms with Crippen LogP contribution in [0.2, 0.25) is 5.02 Å². The Bertz CT molecular complexity index is 1460. The molecule has 0 aliphatic carbocycles. The van der Waals surface area contributed by atoms with Crippen LogP contribution in [0.25, 0.3) is 0 Å². The number of anilines is 2. The monoisotopic (exact) mass is 515 g/mol. The Kier molecular flexibility index (Phi) is 6.74. The lowest BCUT2D eigenvalue weighted by atomic mass is 9.93. The third kappa shape index (κ3) is 4.96. The molecule has 186 valence electrons. The summed E-state index contributed by atoms with van der Waals surface area (Å²) in [7, 11) is 0. The second-order valence-electron chi connectivity index (χ2n) is 8.48. The minimum absolute atomic E-state index is 0.268. The first-order valence-corrected chi connectivity index (χ1v) is 11.9. The van der Waals surface area contributed by atoms with Crippen molar-refractivity contribution >= 4 is 35.0 Å². The standard InChI is InChI=1S/C28H22ClN3O5/c1-17-5-2-3-6-23(17)32(26-7-4-13-30-31-26)27(33)18-8-10-19(11-9-18)37-25-16-24-21(15-22(25)29)20(28(34)35)12-14-36-24/h2-11,13,15-16,20H,12,14H2,1H3,(H,34,35). The lowest BCUT2D eigenvalue weighted by Crippen LogP contribution is -2.27. The minimum Gasteiger partial charge on any atom is -0.493 e. The lowest BCUT2D eigenvalue weighted by Gasteiger charge is -2.24. The van der Waals surface area contributed by atoms with Crippen molar-refractivity contribution in [3.63, 3.8) is 0 Å². The molecular weight excluding hydrogens is 494 g/mol. The van der Waals surface area contributed by atoms with Gasteiger partial charge in [-0.25, -0.2) is 0 Å². The van der Waals surface area contributed by atoms with Gasteiger partial charge in [-0.15, -0.1) is 5.10 Å². The predicted octanol–water partition coefficient (Wildman–Crippen LogP) is 6.16. The minimum atomic E-state index is -0.921. The van der Waals surface area contributed by atoms with E-state index in [-0.39, 0.29) is 10.9 Å². The van der Waals surface area contributed by atoms with Gasteiger partial charge in [-0.1, -0.05) is 29.8 Å². The Balaban J connectivity index is 1.41. The summed E-state index contributed by atoms with van der Waals surface area (Å²) in [5.41, 5.74) is 2.56. The van der Waals surface area contributed by atoms with Crippen molar-refractivity contribution in [3.8, 4) is 17.2 Å². The van der Waals surface area contributed by atoms with Crippen LogP contribution < -0.4 is 14.4 Å². The smallest absolute Gasteiger partial charge is 0.311 e. The van der Waals surface area contributed by atoms with E-state index in [1.807, 2.05) is 31.2 Å². The van der Waals surface area contributed by atoms with E-state index >= 15 is 0 Å². The van der Waals surface area contributed by atoms with Gasteiger partial charge < -0.3 is 14.6 Å². The fraction of sp³-hybridized carbons (Fsp3) is 0.143. The highest BCUT2D eigenvalue weighted by atomic mass is 35.5. The number of aryl methyl sites for hydroxylation is 1. The summed E-state index contributed by atoms with van der Waals surface area (Å²) in [6.45, 7) is 2.22. The first-order valence-electron chi connectivity index (χ1n) is 11.6. The fourth-order valence-corrected chi connectivity index (χ4v) is 4.42. The van der Waals surface area contributed by atoms with Crippen LogP contribution in [0.3, 0.4) is 0 Å². The van der Waals surface area contributed by atoms with Crippen LogP contribution in [0.1, 0.15) is 33.8 Å². The third-order valence-corrected chi connectivity index (χ3v) is 6.37. The first-order chi connectivity index (χ1) is 17.9. The lowest BCUT2D eigenvalue weighted by molar-refractivity contribution is -0.139. The van der Waals surface area contributed by atoms with E-state index in [2.05, 4.69) is 10.2 Å². The number of amides is 1. The molecule has 0 radical (unpaired) electrons. The van der Waals surface area contributed by atoms with Crippen LogP contribution in [0.5, 0.6) is 17.2 Å². The molecule has 0 saturated carbocycles. The molecule has 1 N–H and O–H groups in total. The van der Waals surface area contributed by atoms with Crippen molar-refractivity contribution in [2.45, 2.75) is 19.3 Å². The van der Waals surface area contributed by atoms with Crippen LogP contribution in [0.15, 0.2) is 79.0 Å². The Hall–Kier alpha value is -4.43. The van der Waals surface area contributed by atoms with Crippen LogP contribution in [-0.4, -0.2) is 33.8 Å². The number of carboxylic acids is 1. The van der Waals surface area contributed by atoms with Gasteiger partial charge in [0.05, 0.1) is 23.2 Å².